The number of hydrogen-bond donors (Lipinski definition) is 0. The third-order valence-corrected chi connectivity index (χ3v) is 10.3. The van der Waals surface area contributed by atoms with E-state index in [9.17, 15) is 0 Å². The van der Waals surface area contributed by atoms with Gasteiger partial charge in [-0.05, 0) is 85.6 Å². The van der Waals surface area contributed by atoms with Crippen LogP contribution in [0.4, 0.5) is 0 Å². The second-order valence-electron chi connectivity index (χ2n) is 13.0. The van der Waals surface area contributed by atoms with Gasteiger partial charge in [0, 0.05) is 49.1 Å². The van der Waals surface area contributed by atoms with Gasteiger partial charge >= 0.3 is 0 Å². The molecule has 0 aliphatic carbocycles. The van der Waals surface area contributed by atoms with Crippen LogP contribution in [0, 0.1) is 13.8 Å². The Hall–Kier alpha value is -6.26. The van der Waals surface area contributed by atoms with Gasteiger partial charge in [-0.1, -0.05) is 72.8 Å². The summed E-state index contributed by atoms with van der Waals surface area (Å²) in [5.41, 5.74) is 12.8. The summed E-state index contributed by atoms with van der Waals surface area (Å²) in [5.74, 6) is 0. The molecule has 0 saturated carbocycles. The fourth-order valence-corrected chi connectivity index (χ4v) is 8.21. The average molecular weight is 617 g/mol. The van der Waals surface area contributed by atoms with Crippen molar-refractivity contribution in [3.63, 3.8) is 0 Å². The highest BCUT2D eigenvalue weighted by Gasteiger charge is 2.21. The zero-order valence-electron chi connectivity index (χ0n) is 26.4. The molecule has 4 aromatic heterocycles. The molecule has 0 aliphatic heterocycles. The van der Waals surface area contributed by atoms with Crippen LogP contribution in [-0.2, 0) is 0 Å². The third kappa shape index (κ3) is 3.29. The predicted molar refractivity (Wildman–Crippen MR) is 199 cm³/mol. The normalized spacial score (nSPS) is 12.4. The van der Waals surface area contributed by atoms with E-state index in [1.165, 1.54) is 43.6 Å². The van der Waals surface area contributed by atoms with Gasteiger partial charge in [0.15, 0.2) is 0 Å². The van der Waals surface area contributed by atoms with Crippen molar-refractivity contribution < 1.29 is 8.83 Å². The van der Waals surface area contributed by atoms with E-state index in [1.54, 1.807) is 0 Å². The van der Waals surface area contributed by atoms with Gasteiger partial charge in [0.2, 0.25) is 0 Å². The molecule has 0 N–H and O–H groups in total. The van der Waals surface area contributed by atoms with Crippen LogP contribution < -0.4 is 0 Å². The minimum atomic E-state index is 0.828. The van der Waals surface area contributed by atoms with Gasteiger partial charge in [-0.2, -0.15) is 0 Å². The van der Waals surface area contributed by atoms with Gasteiger partial charge in [0.05, 0.1) is 27.5 Å². The Balaban J connectivity index is 1.20. The molecule has 48 heavy (non-hydrogen) atoms. The molecule has 0 unspecified atom stereocenters. The van der Waals surface area contributed by atoms with E-state index < -0.39 is 0 Å². The molecule has 0 bridgehead atoms. The maximum atomic E-state index is 6.79. The lowest BCUT2D eigenvalue weighted by molar-refractivity contribution is 0.662. The van der Waals surface area contributed by atoms with E-state index in [1.807, 2.05) is 0 Å². The van der Waals surface area contributed by atoms with E-state index in [2.05, 4.69) is 156 Å². The summed E-state index contributed by atoms with van der Waals surface area (Å²) in [5, 5.41) is 9.25. The Bertz CT molecular complexity index is 3040. The molecule has 226 valence electrons. The number of benzene rings is 7. The molecule has 0 radical (unpaired) electrons. The highest BCUT2D eigenvalue weighted by atomic mass is 16.3. The minimum absolute atomic E-state index is 0.828. The number of aryl methyl sites for hydroxylation is 2. The first kappa shape index (κ1) is 25.9. The zero-order chi connectivity index (χ0) is 31.7. The van der Waals surface area contributed by atoms with Crippen molar-refractivity contribution in [2.75, 3.05) is 0 Å². The van der Waals surface area contributed by atoms with E-state index in [4.69, 9.17) is 8.83 Å². The van der Waals surface area contributed by atoms with Gasteiger partial charge in [-0.3, -0.25) is 0 Å². The van der Waals surface area contributed by atoms with Crippen molar-refractivity contribution in [2.45, 2.75) is 13.8 Å². The average Bonchev–Trinajstić information content (AvgIpc) is 3.85. The van der Waals surface area contributed by atoms with Crippen LogP contribution in [0.15, 0.2) is 142 Å². The number of hydrogen-bond acceptors (Lipinski definition) is 2. The molecule has 4 heteroatoms. The van der Waals surface area contributed by atoms with Crippen molar-refractivity contribution in [3.8, 4) is 11.4 Å². The summed E-state index contributed by atoms with van der Waals surface area (Å²) < 4.78 is 18.1. The number of furan rings is 2. The number of rotatable bonds is 2. The smallest absolute Gasteiger partial charge is 0.147 e. The fraction of sp³-hybridized carbons (Fsp3) is 0.0455. The first-order valence-corrected chi connectivity index (χ1v) is 16.4. The Labute approximate surface area is 274 Å². The lowest BCUT2D eigenvalue weighted by Gasteiger charge is -2.11. The van der Waals surface area contributed by atoms with Crippen molar-refractivity contribution in [2.24, 2.45) is 0 Å². The van der Waals surface area contributed by atoms with Gasteiger partial charge in [0.1, 0.15) is 22.3 Å². The van der Waals surface area contributed by atoms with Crippen LogP contribution >= 0.6 is 0 Å². The van der Waals surface area contributed by atoms with Gasteiger partial charge < -0.3 is 18.0 Å². The standard InChI is InChI=1S/C44H28N2O2/c1-25-21-41-32(23-38(25)45-34-15-7-3-11-27(34)28-12-4-8-16-35(28)45)31-19-20-40-43(44(31)48-41)33-24-39(26(2)22-42(33)47-40)46-36-17-9-5-13-29(36)30-14-6-10-18-37(30)46/h3-24H,1-2H3. The van der Waals surface area contributed by atoms with E-state index in [0.717, 1.165) is 66.4 Å². The molecule has 11 rings (SSSR count). The zero-order valence-corrected chi connectivity index (χ0v) is 26.4. The number of para-hydroxylation sites is 4. The Morgan fingerprint density at radius 3 is 1.31 bits per heavy atom. The van der Waals surface area contributed by atoms with Gasteiger partial charge in [-0.25, -0.2) is 0 Å². The topological polar surface area (TPSA) is 36.1 Å². The summed E-state index contributed by atoms with van der Waals surface area (Å²) in [6, 6.07) is 47.8. The molecule has 0 saturated heterocycles. The predicted octanol–water partition coefficient (Wildman–Crippen LogP) is 12.3. The summed E-state index contributed by atoms with van der Waals surface area (Å²) in [6.45, 7) is 4.34. The lowest BCUT2D eigenvalue weighted by Crippen LogP contribution is -1.96. The molecular formula is C44H28N2O2. The summed E-state index contributed by atoms with van der Waals surface area (Å²) >= 11 is 0. The summed E-state index contributed by atoms with van der Waals surface area (Å²) in [7, 11) is 0. The number of fused-ring (bicyclic) bond motifs is 13. The van der Waals surface area contributed by atoms with Crippen LogP contribution in [0.5, 0.6) is 0 Å². The van der Waals surface area contributed by atoms with Gasteiger partial charge in [0.25, 0.3) is 0 Å². The first-order valence-electron chi connectivity index (χ1n) is 16.4. The lowest BCUT2D eigenvalue weighted by atomic mass is 10.0. The van der Waals surface area contributed by atoms with Crippen molar-refractivity contribution in [1.29, 1.82) is 0 Å². The second kappa shape index (κ2) is 9.18. The molecule has 0 aliphatic rings. The quantitative estimate of drug-likeness (QED) is 0.194. The molecule has 4 heterocycles. The van der Waals surface area contributed by atoms with Crippen LogP contribution in [0.3, 0.4) is 0 Å². The number of aromatic nitrogens is 2. The Morgan fingerprint density at radius 1 is 0.375 bits per heavy atom. The van der Waals surface area contributed by atoms with Gasteiger partial charge in [-0.15, -0.1) is 0 Å². The molecule has 0 fully saturated rings. The van der Waals surface area contributed by atoms with Crippen LogP contribution in [0.2, 0.25) is 0 Å². The maximum Gasteiger partial charge on any atom is 0.147 e. The van der Waals surface area contributed by atoms with Crippen molar-refractivity contribution in [1.82, 2.24) is 9.13 Å². The highest BCUT2D eigenvalue weighted by molar-refractivity contribution is 6.23. The highest BCUT2D eigenvalue weighted by Crippen LogP contribution is 2.43. The molecule has 4 nitrogen and oxygen atoms in total. The summed E-state index contributed by atoms with van der Waals surface area (Å²) in [6.07, 6.45) is 0. The number of nitrogens with zero attached hydrogens (tertiary/aromatic N) is 2. The van der Waals surface area contributed by atoms with E-state index >= 15 is 0 Å². The fourth-order valence-electron chi connectivity index (χ4n) is 8.21. The van der Waals surface area contributed by atoms with E-state index in [0.29, 0.717) is 0 Å². The summed E-state index contributed by atoms with van der Waals surface area (Å²) in [4.78, 5) is 0. The largest absolute Gasteiger partial charge is 0.456 e. The third-order valence-electron chi connectivity index (χ3n) is 10.3. The molecule has 11 aromatic rings. The first-order chi connectivity index (χ1) is 23.6. The molecule has 0 atom stereocenters. The van der Waals surface area contributed by atoms with Crippen molar-refractivity contribution in [3.05, 3.63) is 145 Å². The monoisotopic (exact) mass is 616 g/mol. The Kier molecular flexibility index (Phi) is 4.95. The second-order valence-corrected chi connectivity index (χ2v) is 13.0. The molecule has 7 aromatic carbocycles. The molecule has 0 amide bonds. The Morgan fingerprint density at radius 2 is 0.812 bits per heavy atom. The van der Waals surface area contributed by atoms with Crippen molar-refractivity contribution >= 4 is 87.5 Å². The minimum Gasteiger partial charge on any atom is -0.456 e. The van der Waals surface area contributed by atoms with Crippen LogP contribution in [0.25, 0.3) is 98.9 Å². The van der Waals surface area contributed by atoms with E-state index in [-0.39, 0.29) is 0 Å². The SMILES string of the molecule is Cc1cc2oc3c(ccc4oc5cc(C)c(-n6c7ccccc7c7ccccc76)cc5c43)c2cc1-n1c2ccccc2c2ccccc21. The van der Waals surface area contributed by atoms with Crippen LogP contribution in [-0.4, -0.2) is 9.13 Å². The molecule has 0 spiro atoms. The van der Waals surface area contributed by atoms with Crippen LogP contribution in [0.1, 0.15) is 11.1 Å². The molecular weight excluding hydrogens is 588 g/mol. The maximum absolute atomic E-state index is 6.79.